The Balaban J connectivity index is 1.23. The van der Waals surface area contributed by atoms with E-state index in [0.29, 0.717) is 5.56 Å². The third kappa shape index (κ3) is 9.32. The molecule has 3 heterocycles. The fourth-order valence-electron chi connectivity index (χ4n) is 6.88. The first-order chi connectivity index (χ1) is 27.2. The maximum absolute atomic E-state index is 13.8. The lowest BCUT2D eigenvalue weighted by Crippen LogP contribution is -2.68. The normalized spacial score (nSPS) is 30.0. The highest BCUT2D eigenvalue weighted by atomic mass is 16.8. The van der Waals surface area contributed by atoms with E-state index in [1.165, 1.54) is 6.92 Å². The van der Waals surface area contributed by atoms with Gasteiger partial charge in [-0.3, -0.25) is 4.79 Å². The summed E-state index contributed by atoms with van der Waals surface area (Å²) < 4.78 is 49.7. The van der Waals surface area contributed by atoms with Crippen molar-refractivity contribution in [3.05, 3.63) is 144 Å². The van der Waals surface area contributed by atoms with Crippen LogP contribution in [-0.2, 0) is 49.3 Å². The van der Waals surface area contributed by atoms with Crippen molar-refractivity contribution in [1.82, 2.24) is 5.32 Å². The van der Waals surface area contributed by atoms with Gasteiger partial charge in [0, 0.05) is 12.5 Å². The molecule has 0 spiro atoms. The lowest BCUT2D eigenvalue weighted by molar-refractivity contribution is -0.378. The summed E-state index contributed by atoms with van der Waals surface area (Å²) in [5.41, 5.74) is 1.98. The number of aliphatic hydroxyl groups excluding tert-OH is 2. The van der Waals surface area contributed by atoms with Gasteiger partial charge in [-0.15, -0.1) is 0 Å². The van der Waals surface area contributed by atoms with Crippen LogP contribution in [-0.4, -0.2) is 103 Å². The number of esters is 2. The summed E-state index contributed by atoms with van der Waals surface area (Å²) in [4.78, 5) is 39.7. The molecule has 7 rings (SSSR count). The number of fused-ring (bicyclic) bond motifs is 1. The molecule has 1 amide bonds. The van der Waals surface area contributed by atoms with Crippen molar-refractivity contribution >= 4 is 17.8 Å². The molecule has 1 unspecified atom stereocenters. The molecule has 3 aliphatic rings. The summed E-state index contributed by atoms with van der Waals surface area (Å²) in [5.74, 6) is -2.06. The van der Waals surface area contributed by atoms with Gasteiger partial charge in [-0.05, 0) is 29.8 Å². The molecule has 3 N–H and O–H groups in total. The smallest absolute Gasteiger partial charge is 0.338 e. The summed E-state index contributed by atoms with van der Waals surface area (Å²) in [6, 6.07) is 33.6. The molecule has 4 aromatic carbocycles. The second-order valence-electron chi connectivity index (χ2n) is 13.6. The van der Waals surface area contributed by atoms with Crippen LogP contribution in [0.25, 0.3) is 0 Å². The Morgan fingerprint density at radius 1 is 0.714 bits per heavy atom. The average Bonchev–Trinajstić information content (AvgIpc) is 3.23. The highest BCUT2D eigenvalue weighted by molar-refractivity contribution is 5.90. The number of ether oxygens (including phenoxy) is 8. The van der Waals surface area contributed by atoms with E-state index in [1.807, 2.05) is 60.7 Å². The number of amides is 1. The van der Waals surface area contributed by atoms with E-state index in [1.54, 1.807) is 60.7 Å². The molecule has 0 aromatic heterocycles. The van der Waals surface area contributed by atoms with Crippen LogP contribution in [0.5, 0.6) is 0 Å². The van der Waals surface area contributed by atoms with E-state index in [-0.39, 0.29) is 30.9 Å². The minimum Gasteiger partial charge on any atom is -0.452 e. The van der Waals surface area contributed by atoms with Crippen molar-refractivity contribution < 1.29 is 62.5 Å². The highest BCUT2D eigenvalue weighted by Gasteiger charge is 2.57. The van der Waals surface area contributed by atoms with Crippen LogP contribution in [0.3, 0.4) is 0 Å². The molecule has 14 heteroatoms. The number of carbonyl (C=O) groups is 3. The predicted octanol–water partition coefficient (Wildman–Crippen LogP) is 3.46. The number of hydrogen-bond acceptors (Lipinski definition) is 13. The van der Waals surface area contributed by atoms with E-state index >= 15 is 0 Å². The average molecular weight is 770 g/mol. The third-order valence-corrected chi connectivity index (χ3v) is 9.61. The number of aliphatic hydroxyl groups is 2. The van der Waals surface area contributed by atoms with Gasteiger partial charge >= 0.3 is 11.9 Å². The SMILES string of the molecule is CC(=O)N[C@@H]1[C@@H](O)[C@H](O[C@@H]2O[C@@H]3COC(c4ccccc4)O[C@@H]3[C@H](OC(=O)c3ccccc3)[C@H]2OC(=O)c2ccccc2)[C@@H](COCc2ccccc2)O[C@H]1O. The molecule has 56 heavy (non-hydrogen) atoms. The number of benzene rings is 4. The number of carbonyl (C=O) groups excluding carboxylic acids is 3. The minimum atomic E-state index is -1.64. The Morgan fingerprint density at radius 3 is 1.89 bits per heavy atom. The Kier molecular flexibility index (Phi) is 12.8. The fraction of sp³-hybridized carbons (Fsp3) is 0.357. The molecule has 3 aliphatic heterocycles. The van der Waals surface area contributed by atoms with Gasteiger partial charge < -0.3 is 53.4 Å². The molecule has 14 nitrogen and oxygen atoms in total. The van der Waals surface area contributed by atoms with Crippen LogP contribution >= 0.6 is 0 Å². The van der Waals surface area contributed by atoms with E-state index in [4.69, 9.17) is 37.9 Å². The van der Waals surface area contributed by atoms with Crippen LogP contribution in [0.15, 0.2) is 121 Å². The van der Waals surface area contributed by atoms with Gasteiger partial charge in [0.1, 0.15) is 36.6 Å². The summed E-state index contributed by atoms with van der Waals surface area (Å²) in [6.07, 6.45) is -13.0. The molecular weight excluding hydrogens is 726 g/mol. The monoisotopic (exact) mass is 769 g/mol. The molecule has 11 atom stereocenters. The van der Waals surface area contributed by atoms with Gasteiger partial charge in [0.15, 0.2) is 31.1 Å². The van der Waals surface area contributed by atoms with Gasteiger partial charge in [-0.1, -0.05) is 97.1 Å². The zero-order valence-corrected chi connectivity index (χ0v) is 30.4. The van der Waals surface area contributed by atoms with E-state index in [9.17, 15) is 24.6 Å². The summed E-state index contributed by atoms with van der Waals surface area (Å²) in [7, 11) is 0. The fourth-order valence-corrected chi connectivity index (χ4v) is 6.88. The zero-order valence-electron chi connectivity index (χ0n) is 30.4. The van der Waals surface area contributed by atoms with Crippen molar-refractivity contribution in [2.75, 3.05) is 13.2 Å². The Bertz CT molecular complexity index is 1890. The second kappa shape index (κ2) is 18.3. The van der Waals surface area contributed by atoms with E-state index in [2.05, 4.69) is 5.32 Å². The molecule has 294 valence electrons. The Morgan fingerprint density at radius 2 is 1.29 bits per heavy atom. The minimum absolute atomic E-state index is 0.0522. The second-order valence-corrected chi connectivity index (χ2v) is 13.6. The first-order valence-electron chi connectivity index (χ1n) is 18.3. The maximum atomic E-state index is 13.8. The van der Waals surface area contributed by atoms with Crippen molar-refractivity contribution in [3.8, 4) is 0 Å². The molecule has 0 aliphatic carbocycles. The molecule has 4 aromatic rings. The summed E-state index contributed by atoms with van der Waals surface area (Å²) >= 11 is 0. The quantitative estimate of drug-likeness (QED) is 0.179. The third-order valence-electron chi connectivity index (χ3n) is 9.61. The van der Waals surface area contributed by atoms with Crippen LogP contribution in [0.1, 0.15) is 45.1 Å². The van der Waals surface area contributed by atoms with Crippen molar-refractivity contribution in [2.24, 2.45) is 0 Å². The van der Waals surface area contributed by atoms with Crippen LogP contribution in [0.4, 0.5) is 0 Å². The Hall–Kier alpha value is -5.03. The van der Waals surface area contributed by atoms with Crippen molar-refractivity contribution in [2.45, 2.75) is 81.2 Å². The van der Waals surface area contributed by atoms with Gasteiger partial charge in [0.05, 0.1) is 30.9 Å². The molecular formula is C42H43NO13. The van der Waals surface area contributed by atoms with Gasteiger partial charge in [-0.2, -0.15) is 0 Å². The van der Waals surface area contributed by atoms with Gasteiger partial charge in [0.2, 0.25) is 5.91 Å². The van der Waals surface area contributed by atoms with E-state index in [0.717, 1.165) is 5.56 Å². The van der Waals surface area contributed by atoms with Crippen LogP contribution in [0.2, 0.25) is 0 Å². The summed E-state index contributed by atoms with van der Waals surface area (Å²) in [5, 5.41) is 25.2. The molecule has 0 bridgehead atoms. The first-order valence-corrected chi connectivity index (χ1v) is 18.3. The first kappa shape index (κ1) is 39.2. The molecule has 0 saturated carbocycles. The highest BCUT2D eigenvalue weighted by Crippen LogP contribution is 2.39. The van der Waals surface area contributed by atoms with Crippen molar-refractivity contribution in [3.63, 3.8) is 0 Å². The maximum Gasteiger partial charge on any atom is 0.338 e. The Labute approximate surface area is 323 Å². The van der Waals surface area contributed by atoms with Crippen LogP contribution in [0, 0.1) is 0 Å². The molecule has 3 saturated heterocycles. The molecule has 3 fully saturated rings. The van der Waals surface area contributed by atoms with Crippen LogP contribution < -0.4 is 5.32 Å². The lowest BCUT2D eigenvalue weighted by Gasteiger charge is -2.50. The van der Waals surface area contributed by atoms with Gasteiger partial charge in [-0.25, -0.2) is 9.59 Å². The van der Waals surface area contributed by atoms with Crippen molar-refractivity contribution in [1.29, 1.82) is 0 Å². The predicted molar refractivity (Wildman–Crippen MR) is 195 cm³/mol. The largest absolute Gasteiger partial charge is 0.452 e. The number of nitrogens with one attached hydrogen (secondary N) is 1. The number of rotatable bonds is 12. The zero-order chi connectivity index (χ0) is 39.0. The molecule has 0 radical (unpaired) electrons. The van der Waals surface area contributed by atoms with E-state index < -0.39 is 85.5 Å². The summed E-state index contributed by atoms with van der Waals surface area (Å²) in [6.45, 7) is 1.17. The topological polar surface area (TPSA) is 178 Å². The number of hydrogen-bond donors (Lipinski definition) is 3. The lowest BCUT2D eigenvalue weighted by atomic mass is 9.94. The van der Waals surface area contributed by atoms with Gasteiger partial charge in [0.25, 0.3) is 0 Å². The standard InChI is InChI=1S/C42H43NO13/c1-25(44)43-32-33(45)34(30(51-40(32)48)23-49-22-26-14-6-2-7-15-26)55-42-37(54-39(47)28-18-10-4-11-19-28)36(53-38(46)27-16-8-3-9-17-27)35-31(52-42)24-50-41(56-35)29-20-12-5-13-21-29/h2-21,30-37,40-42,45,48H,22-24H2,1H3,(H,43,44)/t30-,31-,32-,33-,34-,35+,36+,37-,40-,41?,42+/m1/s1.